The number of hydrogen-bond donors (Lipinski definition) is 2. The highest BCUT2D eigenvalue weighted by molar-refractivity contribution is 6.24. The molecule has 0 radical (unpaired) electrons. The van der Waals surface area contributed by atoms with Crippen LogP contribution >= 0.6 is 11.6 Å². The first kappa shape index (κ1) is 11.5. The van der Waals surface area contributed by atoms with E-state index in [1.54, 1.807) is 24.3 Å². The van der Waals surface area contributed by atoms with Crippen molar-refractivity contribution >= 4 is 23.5 Å². The molecule has 1 heterocycles. The Morgan fingerprint density at radius 1 is 1.29 bits per heavy atom. The van der Waals surface area contributed by atoms with Crippen LogP contribution in [0.3, 0.4) is 0 Å². The molecule has 0 aliphatic carbocycles. The summed E-state index contributed by atoms with van der Waals surface area (Å²) in [7, 11) is 0. The minimum atomic E-state index is -1.09. The first-order valence-corrected chi connectivity index (χ1v) is 5.12. The second kappa shape index (κ2) is 4.14. The third kappa shape index (κ3) is 2.59. The van der Waals surface area contributed by atoms with Crippen molar-refractivity contribution in [3.63, 3.8) is 0 Å². The molecule has 1 aromatic rings. The van der Waals surface area contributed by atoms with Gasteiger partial charge in [-0.25, -0.2) is 0 Å². The van der Waals surface area contributed by atoms with E-state index in [0.29, 0.717) is 11.1 Å². The van der Waals surface area contributed by atoms with Crippen molar-refractivity contribution in [1.29, 1.82) is 0 Å². The molecule has 2 rings (SSSR count). The van der Waals surface area contributed by atoms with Gasteiger partial charge in [0.25, 0.3) is 11.0 Å². The summed E-state index contributed by atoms with van der Waals surface area (Å²) in [5.41, 5.74) is 1.03. The van der Waals surface area contributed by atoms with Gasteiger partial charge in [0.15, 0.2) is 0 Å². The van der Waals surface area contributed by atoms with E-state index >= 15 is 0 Å². The quantitative estimate of drug-likeness (QED) is 0.626. The highest BCUT2D eigenvalue weighted by atomic mass is 35.5. The van der Waals surface area contributed by atoms with Crippen LogP contribution in [-0.4, -0.2) is 23.5 Å². The molecule has 17 heavy (non-hydrogen) atoms. The molecule has 0 fully saturated rings. The number of nitrogens with one attached hydrogen (secondary N) is 1. The van der Waals surface area contributed by atoms with Gasteiger partial charge in [-0.1, -0.05) is 23.7 Å². The molecule has 1 aliphatic rings. The summed E-state index contributed by atoms with van der Waals surface area (Å²) in [5, 5.41) is 17.0. The van der Waals surface area contributed by atoms with E-state index < -0.39 is 23.5 Å². The van der Waals surface area contributed by atoms with E-state index in [-0.39, 0.29) is 0 Å². The van der Waals surface area contributed by atoms with Crippen molar-refractivity contribution < 1.29 is 14.7 Å². The summed E-state index contributed by atoms with van der Waals surface area (Å²) in [4.78, 5) is 21.7. The SMILES string of the molecule is O=C(O)CNC(=O)c1ccc(C2(Cl)N=N2)cc1. The standard InChI is InChI=1S/C10H8ClN3O3/c11-10(13-14-10)7-3-1-6(2-4-7)9(17)12-5-8(15)16/h1-4H,5H2,(H,12,17)(H,15,16). The summed E-state index contributed by atoms with van der Waals surface area (Å²) < 4.78 is 0. The van der Waals surface area contributed by atoms with Crippen molar-refractivity contribution in [2.75, 3.05) is 6.54 Å². The summed E-state index contributed by atoms with van der Waals surface area (Å²) in [6.07, 6.45) is 0. The second-order valence-corrected chi connectivity index (χ2v) is 3.97. The van der Waals surface area contributed by atoms with E-state index in [2.05, 4.69) is 15.5 Å². The number of carboxylic acid groups (broad SMARTS) is 1. The largest absolute Gasteiger partial charge is 0.480 e. The van der Waals surface area contributed by atoms with Gasteiger partial charge in [0.05, 0.1) is 0 Å². The van der Waals surface area contributed by atoms with Gasteiger partial charge in [0, 0.05) is 11.1 Å². The molecular weight excluding hydrogens is 246 g/mol. The van der Waals surface area contributed by atoms with Gasteiger partial charge < -0.3 is 10.4 Å². The summed E-state index contributed by atoms with van der Waals surface area (Å²) in [5.74, 6) is -1.54. The van der Waals surface area contributed by atoms with Gasteiger partial charge in [0.1, 0.15) is 6.54 Å². The molecule has 88 valence electrons. The fourth-order valence-corrected chi connectivity index (χ4v) is 1.41. The molecule has 0 spiro atoms. The van der Waals surface area contributed by atoms with Gasteiger partial charge in [-0.2, -0.15) is 0 Å². The molecule has 2 N–H and O–H groups in total. The number of rotatable bonds is 4. The van der Waals surface area contributed by atoms with Crippen LogP contribution in [-0.2, 0) is 9.92 Å². The van der Waals surface area contributed by atoms with Crippen LogP contribution in [0.25, 0.3) is 0 Å². The molecule has 0 saturated heterocycles. The maximum atomic E-state index is 11.5. The Labute approximate surface area is 101 Å². The number of alkyl halides is 1. The maximum Gasteiger partial charge on any atom is 0.322 e. The Kier molecular flexibility index (Phi) is 2.81. The Morgan fingerprint density at radius 2 is 1.88 bits per heavy atom. The van der Waals surface area contributed by atoms with Crippen LogP contribution in [0.1, 0.15) is 15.9 Å². The predicted molar refractivity (Wildman–Crippen MR) is 58.8 cm³/mol. The van der Waals surface area contributed by atoms with Crippen molar-refractivity contribution in [1.82, 2.24) is 5.32 Å². The van der Waals surface area contributed by atoms with Gasteiger partial charge in [0.2, 0.25) is 0 Å². The number of carbonyl (C=O) groups is 2. The third-order valence-electron chi connectivity index (χ3n) is 2.19. The van der Waals surface area contributed by atoms with Crippen LogP contribution < -0.4 is 5.32 Å². The molecular formula is C10H8ClN3O3. The molecule has 1 amide bonds. The number of carboxylic acids is 1. The smallest absolute Gasteiger partial charge is 0.322 e. The molecule has 6 nitrogen and oxygen atoms in total. The van der Waals surface area contributed by atoms with E-state index in [0.717, 1.165) is 0 Å². The lowest BCUT2D eigenvalue weighted by Crippen LogP contribution is -2.29. The average Bonchev–Trinajstić information content (AvgIpc) is 3.06. The predicted octanol–water partition coefficient (Wildman–Crippen LogP) is 1.32. The minimum Gasteiger partial charge on any atom is -0.480 e. The van der Waals surface area contributed by atoms with Crippen LogP contribution in [0.4, 0.5) is 0 Å². The third-order valence-corrected chi connectivity index (χ3v) is 2.56. The molecule has 1 aliphatic heterocycles. The minimum absolute atomic E-state index is 0.357. The number of aliphatic carboxylic acids is 1. The Balaban J connectivity index is 2.02. The summed E-state index contributed by atoms with van der Waals surface area (Å²) >= 11 is 5.89. The van der Waals surface area contributed by atoms with Crippen LogP contribution in [0, 0.1) is 0 Å². The molecule has 0 atom stereocenters. The van der Waals surface area contributed by atoms with Crippen molar-refractivity contribution in [3.05, 3.63) is 35.4 Å². The van der Waals surface area contributed by atoms with Gasteiger partial charge in [-0.05, 0) is 12.1 Å². The molecule has 7 heteroatoms. The number of halogens is 1. The van der Waals surface area contributed by atoms with E-state index in [1.165, 1.54) is 0 Å². The molecule has 0 aromatic heterocycles. The summed E-state index contributed by atoms with van der Waals surface area (Å²) in [6, 6.07) is 6.34. The molecule has 0 saturated carbocycles. The lowest BCUT2D eigenvalue weighted by atomic mass is 10.1. The lowest BCUT2D eigenvalue weighted by Gasteiger charge is -2.05. The van der Waals surface area contributed by atoms with Crippen molar-refractivity contribution in [2.45, 2.75) is 5.12 Å². The lowest BCUT2D eigenvalue weighted by molar-refractivity contribution is -0.135. The maximum absolute atomic E-state index is 11.5. The fraction of sp³-hybridized carbons (Fsp3) is 0.200. The number of hydrogen-bond acceptors (Lipinski definition) is 4. The monoisotopic (exact) mass is 253 g/mol. The Bertz CT molecular complexity index is 492. The van der Waals surface area contributed by atoms with Crippen LogP contribution in [0.5, 0.6) is 0 Å². The number of carbonyl (C=O) groups excluding carboxylic acids is 1. The zero-order chi connectivity index (χ0) is 12.5. The van der Waals surface area contributed by atoms with Crippen LogP contribution in [0.2, 0.25) is 0 Å². The van der Waals surface area contributed by atoms with Gasteiger partial charge in [-0.15, -0.1) is 10.2 Å². The van der Waals surface area contributed by atoms with Gasteiger partial charge in [-0.3, -0.25) is 9.59 Å². The first-order valence-electron chi connectivity index (χ1n) is 4.75. The number of benzene rings is 1. The van der Waals surface area contributed by atoms with Crippen LogP contribution in [0.15, 0.2) is 34.5 Å². The Hall–Kier alpha value is -1.95. The van der Waals surface area contributed by atoms with Crippen molar-refractivity contribution in [2.24, 2.45) is 10.2 Å². The zero-order valence-electron chi connectivity index (χ0n) is 8.55. The topological polar surface area (TPSA) is 91.1 Å². The second-order valence-electron chi connectivity index (χ2n) is 3.44. The number of nitrogens with zero attached hydrogens (tertiary/aromatic N) is 2. The highest BCUT2D eigenvalue weighted by Crippen LogP contribution is 2.43. The zero-order valence-corrected chi connectivity index (χ0v) is 9.31. The molecule has 0 unspecified atom stereocenters. The van der Waals surface area contributed by atoms with Gasteiger partial charge >= 0.3 is 5.97 Å². The molecule has 1 aromatic carbocycles. The normalized spacial score (nSPS) is 15.4. The Morgan fingerprint density at radius 3 is 2.35 bits per heavy atom. The average molecular weight is 254 g/mol. The van der Waals surface area contributed by atoms with E-state index in [9.17, 15) is 9.59 Å². The van der Waals surface area contributed by atoms with Crippen molar-refractivity contribution in [3.8, 4) is 0 Å². The first-order chi connectivity index (χ1) is 8.01. The fourth-order valence-electron chi connectivity index (χ4n) is 1.25. The summed E-state index contributed by atoms with van der Waals surface area (Å²) in [6.45, 7) is -0.412. The van der Waals surface area contributed by atoms with E-state index in [4.69, 9.17) is 16.7 Å². The highest BCUT2D eigenvalue weighted by Gasteiger charge is 2.39. The molecule has 0 bridgehead atoms. The number of amides is 1. The van der Waals surface area contributed by atoms with E-state index in [1.807, 2.05) is 0 Å².